The van der Waals surface area contributed by atoms with E-state index in [1.165, 1.54) is 12.4 Å². The zero-order chi connectivity index (χ0) is 20.8. The standard InChI is InChI=1S/C22H20N4O4/c27-20(8-9-22(28)26-12-13-29-19-7-2-1-6-18(19)26)25-16-4-3-5-17(14-16)30-21-15-23-10-11-24-21/h1-7,10-11,14-15H,8-9,12-13H2,(H,25,27). The molecule has 8 heteroatoms. The molecule has 8 nitrogen and oxygen atoms in total. The van der Waals surface area contributed by atoms with Gasteiger partial charge in [-0.1, -0.05) is 18.2 Å². The molecule has 1 N–H and O–H groups in total. The molecule has 0 saturated heterocycles. The minimum atomic E-state index is -0.249. The number of nitrogens with zero attached hydrogens (tertiary/aromatic N) is 3. The molecule has 2 heterocycles. The van der Waals surface area contributed by atoms with Gasteiger partial charge in [0, 0.05) is 37.0 Å². The zero-order valence-corrected chi connectivity index (χ0v) is 16.2. The van der Waals surface area contributed by atoms with Crippen molar-refractivity contribution in [2.75, 3.05) is 23.4 Å². The molecule has 0 atom stereocenters. The lowest BCUT2D eigenvalue weighted by atomic mass is 10.2. The van der Waals surface area contributed by atoms with Gasteiger partial charge in [0.1, 0.15) is 18.1 Å². The number of hydrogen-bond acceptors (Lipinski definition) is 6. The van der Waals surface area contributed by atoms with Gasteiger partial charge in [0.05, 0.1) is 18.4 Å². The monoisotopic (exact) mass is 404 g/mol. The Morgan fingerprint density at radius 1 is 1.10 bits per heavy atom. The Balaban J connectivity index is 1.32. The topological polar surface area (TPSA) is 93.7 Å². The Morgan fingerprint density at radius 3 is 2.87 bits per heavy atom. The summed E-state index contributed by atoms with van der Waals surface area (Å²) in [5.74, 6) is 1.20. The Kier molecular flexibility index (Phi) is 5.84. The highest BCUT2D eigenvalue weighted by molar-refractivity contribution is 5.99. The Hall–Kier alpha value is -3.94. The maximum atomic E-state index is 12.6. The molecule has 0 spiro atoms. The number of anilines is 2. The lowest BCUT2D eigenvalue weighted by Gasteiger charge is -2.29. The highest BCUT2D eigenvalue weighted by atomic mass is 16.5. The van der Waals surface area contributed by atoms with E-state index in [1.54, 1.807) is 35.4 Å². The summed E-state index contributed by atoms with van der Waals surface area (Å²) in [7, 11) is 0. The second-order valence-electron chi connectivity index (χ2n) is 6.58. The van der Waals surface area contributed by atoms with E-state index in [9.17, 15) is 9.59 Å². The smallest absolute Gasteiger partial charge is 0.237 e. The first-order chi connectivity index (χ1) is 14.7. The van der Waals surface area contributed by atoms with Crippen molar-refractivity contribution in [1.29, 1.82) is 0 Å². The van der Waals surface area contributed by atoms with E-state index in [1.807, 2.05) is 24.3 Å². The Bertz CT molecular complexity index is 1040. The molecule has 0 bridgehead atoms. The molecule has 1 aliphatic rings. The second kappa shape index (κ2) is 9.04. The van der Waals surface area contributed by atoms with E-state index in [0.717, 1.165) is 5.69 Å². The Morgan fingerprint density at radius 2 is 2.00 bits per heavy atom. The largest absolute Gasteiger partial charge is 0.490 e. The number of carbonyl (C=O) groups excluding carboxylic acids is 2. The van der Waals surface area contributed by atoms with Crippen molar-refractivity contribution in [3.8, 4) is 17.4 Å². The normalized spacial score (nSPS) is 12.5. The van der Waals surface area contributed by atoms with Crippen LogP contribution in [0.1, 0.15) is 12.8 Å². The van der Waals surface area contributed by atoms with Crippen molar-refractivity contribution in [2.45, 2.75) is 12.8 Å². The molecule has 0 fully saturated rings. The number of hydrogen-bond donors (Lipinski definition) is 1. The number of fused-ring (bicyclic) bond motifs is 1. The first-order valence-corrected chi connectivity index (χ1v) is 9.55. The van der Waals surface area contributed by atoms with Crippen LogP contribution in [0.5, 0.6) is 17.4 Å². The number of amides is 2. The highest BCUT2D eigenvalue weighted by Gasteiger charge is 2.23. The summed E-state index contributed by atoms with van der Waals surface area (Å²) in [5.41, 5.74) is 1.31. The van der Waals surface area contributed by atoms with E-state index >= 15 is 0 Å². The lowest BCUT2D eigenvalue weighted by molar-refractivity contribution is -0.122. The molecule has 1 aliphatic heterocycles. The molecule has 2 amide bonds. The van der Waals surface area contributed by atoms with Crippen LogP contribution < -0.4 is 19.7 Å². The molecule has 3 aromatic rings. The van der Waals surface area contributed by atoms with Crippen molar-refractivity contribution in [1.82, 2.24) is 9.97 Å². The minimum Gasteiger partial charge on any atom is -0.490 e. The molecule has 152 valence electrons. The average Bonchev–Trinajstić information content (AvgIpc) is 2.78. The maximum absolute atomic E-state index is 12.6. The average molecular weight is 404 g/mol. The molecule has 1 aromatic heterocycles. The SMILES string of the molecule is O=C(CCC(=O)N1CCOc2ccccc21)Nc1cccc(Oc2cnccn2)c1. The van der Waals surface area contributed by atoms with Gasteiger partial charge in [0.25, 0.3) is 0 Å². The van der Waals surface area contributed by atoms with Crippen LogP contribution in [0.2, 0.25) is 0 Å². The number of benzene rings is 2. The number of para-hydroxylation sites is 2. The van der Waals surface area contributed by atoms with Crippen LogP contribution in [0, 0.1) is 0 Å². The number of aromatic nitrogens is 2. The Labute approximate surface area is 173 Å². The fourth-order valence-electron chi connectivity index (χ4n) is 3.10. The van der Waals surface area contributed by atoms with E-state index in [4.69, 9.17) is 9.47 Å². The van der Waals surface area contributed by atoms with Gasteiger partial charge in [-0.3, -0.25) is 14.6 Å². The highest BCUT2D eigenvalue weighted by Crippen LogP contribution is 2.31. The second-order valence-corrected chi connectivity index (χ2v) is 6.58. The molecule has 2 aromatic carbocycles. The van der Waals surface area contributed by atoms with Gasteiger partial charge in [0.2, 0.25) is 17.7 Å². The molecule has 4 rings (SSSR count). The van der Waals surface area contributed by atoms with E-state index in [-0.39, 0.29) is 24.7 Å². The summed E-state index contributed by atoms with van der Waals surface area (Å²) in [6, 6.07) is 14.3. The zero-order valence-electron chi connectivity index (χ0n) is 16.2. The summed E-state index contributed by atoms with van der Waals surface area (Å²) in [6.07, 6.45) is 4.77. The van der Waals surface area contributed by atoms with Gasteiger partial charge in [-0.2, -0.15) is 0 Å². The maximum Gasteiger partial charge on any atom is 0.237 e. The van der Waals surface area contributed by atoms with Crippen LogP contribution in [-0.2, 0) is 9.59 Å². The quantitative estimate of drug-likeness (QED) is 0.677. The molecule has 0 unspecified atom stereocenters. The molecule has 0 saturated carbocycles. The van der Waals surface area contributed by atoms with E-state index in [2.05, 4.69) is 15.3 Å². The first-order valence-electron chi connectivity index (χ1n) is 9.55. The van der Waals surface area contributed by atoms with E-state index in [0.29, 0.717) is 36.2 Å². The van der Waals surface area contributed by atoms with Crippen molar-refractivity contribution >= 4 is 23.2 Å². The molecule has 0 radical (unpaired) electrons. The molecular weight excluding hydrogens is 384 g/mol. The van der Waals surface area contributed by atoms with Crippen molar-refractivity contribution in [2.24, 2.45) is 0 Å². The van der Waals surface area contributed by atoms with Crippen LogP contribution in [0.4, 0.5) is 11.4 Å². The third-order valence-corrected chi connectivity index (χ3v) is 4.48. The summed E-state index contributed by atoms with van der Waals surface area (Å²) in [4.78, 5) is 34.6. The first kappa shape index (κ1) is 19.4. The summed E-state index contributed by atoms with van der Waals surface area (Å²) in [6.45, 7) is 0.909. The summed E-state index contributed by atoms with van der Waals surface area (Å²) in [5, 5.41) is 2.80. The predicted octanol–water partition coefficient (Wildman–Crippen LogP) is 3.41. The van der Waals surface area contributed by atoms with Gasteiger partial charge in [-0.15, -0.1) is 0 Å². The fourth-order valence-corrected chi connectivity index (χ4v) is 3.10. The van der Waals surface area contributed by atoms with Crippen LogP contribution in [-0.4, -0.2) is 34.9 Å². The minimum absolute atomic E-state index is 0.0770. The van der Waals surface area contributed by atoms with Gasteiger partial charge in [-0.05, 0) is 24.3 Å². The fraction of sp³-hybridized carbons (Fsp3) is 0.182. The van der Waals surface area contributed by atoms with Crippen LogP contribution >= 0.6 is 0 Å². The third-order valence-electron chi connectivity index (χ3n) is 4.48. The summed E-state index contributed by atoms with van der Waals surface area (Å²) < 4.78 is 11.2. The molecule has 30 heavy (non-hydrogen) atoms. The number of ether oxygens (including phenoxy) is 2. The number of rotatable bonds is 6. The molecular formula is C22H20N4O4. The lowest BCUT2D eigenvalue weighted by Crippen LogP contribution is -2.38. The van der Waals surface area contributed by atoms with Crippen molar-refractivity contribution in [3.63, 3.8) is 0 Å². The molecule has 0 aliphatic carbocycles. The van der Waals surface area contributed by atoms with Crippen LogP contribution in [0.3, 0.4) is 0 Å². The third kappa shape index (κ3) is 4.72. The van der Waals surface area contributed by atoms with Crippen molar-refractivity contribution in [3.05, 3.63) is 67.1 Å². The number of nitrogens with one attached hydrogen (secondary N) is 1. The number of carbonyl (C=O) groups is 2. The van der Waals surface area contributed by atoms with Gasteiger partial charge >= 0.3 is 0 Å². The van der Waals surface area contributed by atoms with Gasteiger partial charge in [0.15, 0.2) is 0 Å². The van der Waals surface area contributed by atoms with E-state index < -0.39 is 0 Å². The van der Waals surface area contributed by atoms with Crippen LogP contribution in [0.15, 0.2) is 67.1 Å². The van der Waals surface area contributed by atoms with Crippen molar-refractivity contribution < 1.29 is 19.1 Å². The van der Waals surface area contributed by atoms with Gasteiger partial charge < -0.3 is 19.7 Å². The predicted molar refractivity (Wildman–Crippen MR) is 111 cm³/mol. The van der Waals surface area contributed by atoms with Gasteiger partial charge in [-0.25, -0.2) is 4.98 Å². The summed E-state index contributed by atoms with van der Waals surface area (Å²) >= 11 is 0. The van der Waals surface area contributed by atoms with Crippen LogP contribution in [0.25, 0.3) is 0 Å².